The maximum atomic E-state index is 6.23. The van der Waals surface area contributed by atoms with E-state index in [9.17, 15) is 0 Å². The highest BCUT2D eigenvalue weighted by Gasteiger charge is 2.19. The Labute approximate surface area is 120 Å². The molecule has 1 heterocycles. The van der Waals surface area contributed by atoms with Crippen LogP contribution in [-0.4, -0.2) is 9.78 Å². The number of benzene rings is 1. The Morgan fingerprint density at radius 1 is 1.20 bits per heavy atom. The molecule has 3 rings (SSSR count). The van der Waals surface area contributed by atoms with Crippen LogP contribution in [0, 0.1) is 0 Å². The Morgan fingerprint density at radius 2 is 2.05 bits per heavy atom. The van der Waals surface area contributed by atoms with Crippen molar-refractivity contribution >= 4 is 0 Å². The largest absolute Gasteiger partial charge is 0.324 e. The second-order valence-electron chi connectivity index (χ2n) is 5.71. The van der Waals surface area contributed by atoms with E-state index in [1.807, 2.05) is 6.20 Å². The van der Waals surface area contributed by atoms with Crippen molar-refractivity contribution in [3.05, 3.63) is 53.3 Å². The lowest BCUT2D eigenvalue weighted by molar-refractivity contribution is 0.547. The predicted octanol–water partition coefficient (Wildman–Crippen LogP) is 3.24. The van der Waals surface area contributed by atoms with Gasteiger partial charge in [-0.15, -0.1) is 0 Å². The molecule has 1 aromatic carbocycles. The van der Waals surface area contributed by atoms with E-state index >= 15 is 0 Å². The van der Waals surface area contributed by atoms with Gasteiger partial charge in [-0.2, -0.15) is 5.10 Å². The number of nitrogens with zero attached hydrogens (tertiary/aromatic N) is 2. The molecule has 0 radical (unpaired) electrons. The summed E-state index contributed by atoms with van der Waals surface area (Å²) in [5, 5.41) is 4.56. The van der Waals surface area contributed by atoms with Crippen LogP contribution in [0.25, 0.3) is 0 Å². The van der Waals surface area contributed by atoms with Crippen LogP contribution in [0.3, 0.4) is 0 Å². The Kier molecular flexibility index (Phi) is 4.16. The first-order chi connectivity index (χ1) is 9.84. The lowest BCUT2D eigenvalue weighted by Crippen LogP contribution is -2.11. The molecular weight excluding hydrogens is 246 g/mol. The molecular formula is C17H23N3. The minimum absolute atomic E-state index is 0.190. The minimum Gasteiger partial charge on any atom is -0.324 e. The van der Waals surface area contributed by atoms with Crippen molar-refractivity contribution in [1.29, 1.82) is 0 Å². The number of aryl methyl sites for hydroxylation is 2. The molecule has 1 aliphatic carbocycles. The third-order valence-corrected chi connectivity index (χ3v) is 4.24. The molecule has 106 valence electrons. The van der Waals surface area contributed by atoms with Gasteiger partial charge in [-0.3, -0.25) is 4.68 Å². The summed E-state index contributed by atoms with van der Waals surface area (Å²) in [5.41, 5.74) is 10.3. The Morgan fingerprint density at radius 3 is 2.90 bits per heavy atom. The van der Waals surface area contributed by atoms with Crippen LogP contribution in [0.15, 0.2) is 36.5 Å². The Balaban J connectivity index is 1.64. The van der Waals surface area contributed by atoms with Gasteiger partial charge in [0.2, 0.25) is 0 Å². The fourth-order valence-electron chi connectivity index (χ4n) is 3.09. The fraction of sp³-hybridized carbons (Fsp3) is 0.471. The van der Waals surface area contributed by atoms with Crippen molar-refractivity contribution < 1.29 is 0 Å². The van der Waals surface area contributed by atoms with E-state index in [0.29, 0.717) is 0 Å². The van der Waals surface area contributed by atoms with Gasteiger partial charge in [0.15, 0.2) is 0 Å². The normalized spacial score (nSPS) is 18.6. The number of rotatable bonds is 4. The molecule has 0 saturated heterocycles. The standard InChI is InChI=1S/C17H23N3/c18-16-10-4-5-11-17-15(16)13-19-20(17)12-6-9-14-7-2-1-3-8-14/h1-3,7-8,13,16H,4-6,9-12,18H2. The van der Waals surface area contributed by atoms with Gasteiger partial charge in [-0.05, 0) is 37.7 Å². The van der Waals surface area contributed by atoms with Crippen molar-refractivity contribution in [3.8, 4) is 0 Å². The van der Waals surface area contributed by atoms with E-state index in [4.69, 9.17) is 5.73 Å². The smallest absolute Gasteiger partial charge is 0.0540 e. The molecule has 0 bridgehead atoms. The first kappa shape index (κ1) is 13.4. The van der Waals surface area contributed by atoms with E-state index in [0.717, 1.165) is 32.2 Å². The SMILES string of the molecule is NC1CCCCc2c1cnn2CCCc1ccccc1. The second kappa shape index (κ2) is 6.23. The van der Waals surface area contributed by atoms with E-state index in [1.165, 1.54) is 29.7 Å². The van der Waals surface area contributed by atoms with Crippen LogP contribution in [0.5, 0.6) is 0 Å². The van der Waals surface area contributed by atoms with Gasteiger partial charge in [-0.1, -0.05) is 36.8 Å². The molecule has 3 nitrogen and oxygen atoms in total. The number of nitrogens with two attached hydrogens (primary N) is 1. The molecule has 1 aromatic heterocycles. The number of fused-ring (bicyclic) bond motifs is 1. The summed E-state index contributed by atoms with van der Waals surface area (Å²) in [6, 6.07) is 10.9. The van der Waals surface area contributed by atoms with Gasteiger partial charge in [-0.25, -0.2) is 0 Å². The third kappa shape index (κ3) is 2.93. The summed E-state index contributed by atoms with van der Waals surface area (Å²) in [4.78, 5) is 0. The topological polar surface area (TPSA) is 43.8 Å². The van der Waals surface area contributed by atoms with Crippen molar-refractivity contribution in [1.82, 2.24) is 9.78 Å². The van der Waals surface area contributed by atoms with Crippen LogP contribution in [0.2, 0.25) is 0 Å². The van der Waals surface area contributed by atoms with Crippen molar-refractivity contribution in [3.63, 3.8) is 0 Å². The molecule has 0 amide bonds. The molecule has 3 heteroatoms. The van der Waals surface area contributed by atoms with E-state index in [2.05, 4.69) is 40.1 Å². The lowest BCUT2D eigenvalue weighted by Gasteiger charge is -2.09. The van der Waals surface area contributed by atoms with Gasteiger partial charge in [0, 0.05) is 23.8 Å². The van der Waals surface area contributed by atoms with Crippen LogP contribution < -0.4 is 5.73 Å². The van der Waals surface area contributed by atoms with Crippen LogP contribution in [0.1, 0.15) is 48.5 Å². The molecule has 1 unspecified atom stereocenters. The zero-order valence-corrected chi connectivity index (χ0v) is 12.0. The van der Waals surface area contributed by atoms with Crippen molar-refractivity contribution in [2.24, 2.45) is 5.73 Å². The molecule has 2 N–H and O–H groups in total. The third-order valence-electron chi connectivity index (χ3n) is 4.24. The summed E-state index contributed by atoms with van der Waals surface area (Å²) in [6.45, 7) is 0.997. The van der Waals surface area contributed by atoms with Gasteiger partial charge >= 0.3 is 0 Å². The van der Waals surface area contributed by atoms with Crippen molar-refractivity contribution in [2.75, 3.05) is 0 Å². The number of hydrogen-bond acceptors (Lipinski definition) is 2. The summed E-state index contributed by atoms with van der Waals surface area (Å²) < 4.78 is 2.18. The molecule has 1 aliphatic rings. The van der Waals surface area contributed by atoms with Crippen molar-refractivity contribution in [2.45, 2.75) is 51.1 Å². The molecule has 0 spiro atoms. The van der Waals surface area contributed by atoms with Crippen LogP contribution in [0.4, 0.5) is 0 Å². The number of aromatic nitrogens is 2. The highest BCUT2D eigenvalue weighted by atomic mass is 15.3. The summed E-state index contributed by atoms with van der Waals surface area (Å²) >= 11 is 0. The molecule has 0 aliphatic heterocycles. The average molecular weight is 269 g/mol. The van der Waals surface area contributed by atoms with E-state index in [-0.39, 0.29) is 6.04 Å². The molecule has 20 heavy (non-hydrogen) atoms. The van der Waals surface area contributed by atoms with Gasteiger partial charge in [0.25, 0.3) is 0 Å². The molecule has 0 fully saturated rings. The first-order valence-electron chi connectivity index (χ1n) is 7.68. The predicted molar refractivity (Wildman–Crippen MR) is 81.5 cm³/mol. The summed E-state index contributed by atoms with van der Waals surface area (Å²) in [5.74, 6) is 0. The summed E-state index contributed by atoms with van der Waals surface area (Å²) in [7, 11) is 0. The highest BCUT2D eigenvalue weighted by molar-refractivity contribution is 5.23. The molecule has 0 saturated carbocycles. The zero-order valence-electron chi connectivity index (χ0n) is 12.0. The highest BCUT2D eigenvalue weighted by Crippen LogP contribution is 2.26. The molecule has 2 aromatic rings. The quantitative estimate of drug-likeness (QED) is 0.866. The maximum absolute atomic E-state index is 6.23. The Bertz CT molecular complexity index is 545. The van der Waals surface area contributed by atoms with Gasteiger partial charge in [0.1, 0.15) is 0 Å². The van der Waals surface area contributed by atoms with Gasteiger partial charge in [0.05, 0.1) is 6.20 Å². The molecule has 1 atom stereocenters. The zero-order chi connectivity index (χ0) is 13.8. The monoisotopic (exact) mass is 269 g/mol. The fourth-order valence-corrected chi connectivity index (χ4v) is 3.09. The van der Waals surface area contributed by atoms with Crippen LogP contribution in [-0.2, 0) is 19.4 Å². The van der Waals surface area contributed by atoms with Gasteiger partial charge < -0.3 is 5.73 Å². The summed E-state index contributed by atoms with van der Waals surface area (Å²) in [6.07, 6.45) is 8.95. The minimum atomic E-state index is 0.190. The van der Waals surface area contributed by atoms with E-state index in [1.54, 1.807) is 0 Å². The van der Waals surface area contributed by atoms with E-state index < -0.39 is 0 Å². The van der Waals surface area contributed by atoms with Crippen LogP contribution >= 0.6 is 0 Å². The first-order valence-corrected chi connectivity index (χ1v) is 7.68. The number of hydrogen-bond donors (Lipinski definition) is 1. The Hall–Kier alpha value is -1.61. The second-order valence-corrected chi connectivity index (χ2v) is 5.71. The maximum Gasteiger partial charge on any atom is 0.0540 e. The average Bonchev–Trinajstić information content (AvgIpc) is 2.78. The lowest BCUT2D eigenvalue weighted by atomic mass is 10.1.